The lowest BCUT2D eigenvalue weighted by atomic mass is 10.1. The number of ether oxygens (including phenoxy) is 2. The molecule has 2 aromatic carbocycles. The molecule has 1 saturated heterocycles. The van der Waals surface area contributed by atoms with Crippen molar-refractivity contribution in [3.05, 3.63) is 58.6 Å². The zero-order valence-electron chi connectivity index (χ0n) is 17.1. The molecule has 0 radical (unpaired) electrons. The summed E-state index contributed by atoms with van der Waals surface area (Å²) in [5, 5.41) is -0.290. The molecular weight excluding hydrogens is 426 g/mol. The summed E-state index contributed by atoms with van der Waals surface area (Å²) in [7, 11) is -3.44. The maximum Gasteiger partial charge on any atom is 0.254 e. The molecule has 30 heavy (non-hydrogen) atoms. The van der Waals surface area contributed by atoms with E-state index in [1.807, 2.05) is 13.8 Å². The number of carbonyl (C=O) groups excluding carboxylic acids is 1. The van der Waals surface area contributed by atoms with Gasteiger partial charge in [-0.05, 0) is 50.1 Å². The van der Waals surface area contributed by atoms with Gasteiger partial charge in [-0.3, -0.25) is 4.79 Å². The van der Waals surface area contributed by atoms with Gasteiger partial charge in [0, 0.05) is 23.7 Å². The number of benzene rings is 2. The van der Waals surface area contributed by atoms with E-state index in [1.165, 1.54) is 0 Å². The van der Waals surface area contributed by atoms with Crippen molar-refractivity contribution >= 4 is 27.3 Å². The zero-order chi connectivity index (χ0) is 21.7. The first-order valence-electron chi connectivity index (χ1n) is 10.0. The van der Waals surface area contributed by atoms with Crippen molar-refractivity contribution in [3.8, 4) is 11.5 Å². The van der Waals surface area contributed by atoms with Crippen LogP contribution in [0.5, 0.6) is 11.5 Å². The van der Waals surface area contributed by atoms with Crippen LogP contribution in [-0.4, -0.2) is 51.3 Å². The van der Waals surface area contributed by atoms with Crippen molar-refractivity contribution in [2.24, 2.45) is 0 Å². The van der Waals surface area contributed by atoms with Gasteiger partial charge in [-0.1, -0.05) is 29.8 Å². The number of halogens is 1. The minimum absolute atomic E-state index is 0.107. The Bertz CT molecular complexity index is 1010. The Morgan fingerprint density at radius 3 is 2.47 bits per heavy atom. The van der Waals surface area contributed by atoms with Gasteiger partial charge < -0.3 is 14.4 Å². The molecule has 1 fully saturated rings. The average Bonchev–Trinajstić information content (AvgIpc) is 2.87. The minimum atomic E-state index is -3.44. The fraction of sp³-hybridized carbons (Fsp3) is 0.409. The Balaban J connectivity index is 1.83. The van der Waals surface area contributed by atoms with Crippen molar-refractivity contribution in [1.29, 1.82) is 0 Å². The van der Waals surface area contributed by atoms with Gasteiger partial charge in [0.05, 0.1) is 24.2 Å². The summed E-state index contributed by atoms with van der Waals surface area (Å²) in [6, 6.07) is 12.0. The van der Waals surface area contributed by atoms with Crippen LogP contribution in [0.2, 0.25) is 5.02 Å². The zero-order valence-corrected chi connectivity index (χ0v) is 18.7. The normalized spacial score (nSPS) is 18.5. The fourth-order valence-electron chi connectivity index (χ4n) is 3.60. The molecule has 0 saturated carbocycles. The highest BCUT2D eigenvalue weighted by atomic mass is 35.5. The molecule has 0 aliphatic carbocycles. The molecule has 0 N–H and O–H groups in total. The van der Waals surface area contributed by atoms with Crippen molar-refractivity contribution in [3.63, 3.8) is 0 Å². The van der Waals surface area contributed by atoms with Gasteiger partial charge in [0.1, 0.15) is 0 Å². The van der Waals surface area contributed by atoms with E-state index in [1.54, 1.807) is 47.4 Å². The summed E-state index contributed by atoms with van der Waals surface area (Å²) in [6.07, 6.45) is 0.299. The Kier molecular flexibility index (Phi) is 7.26. The molecule has 3 rings (SSSR count). The summed E-state index contributed by atoms with van der Waals surface area (Å²) in [5.74, 6) is 0.744. The molecule has 1 atom stereocenters. The van der Waals surface area contributed by atoms with Crippen LogP contribution in [0.4, 0.5) is 0 Å². The van der Waals surface area contributed by atoms with E-state index in [4.69, 9.17) is 21.1 Å². The SMILES string of the molecule is CCOc1ccc(C(=O)N2CCC(c3ccccc3Cl)S(=O)(=O)CC2)cc1OCC. The first kappa shape index (κ1) is 22.4. The second kappa shape index (κ2) is 9.71. The molecule has 0 bridgehead atoms. The molecule has 162 valence electrons. The molecule has 8 heteroatoms. The van der Waals surface area contributed by atoms with E-state index in [-0.39, 0.29) is 18.2 Å². The lowest BCUT2D eigenvalue weighted by Gasteiger charge is -2.21. The number of rotatable bonds is 6. The van der Waals surface area contributed by atoms with Crippen LogP contribution in [-0.2, 0) is 9.84 Å². The Hall–Kier alpha value is -2.25. The number of hydrogen-bond acceptors (Lipinski definition) is 5. The van der Waals surface area contributed by atoms with Crippen LogP contribution < -0.4 is 9.47 Å². The van der Waals surface area contributed by atoms with Gasteiger partial charge in [-0.25, -0.2) is 8.42 Å². The second-order valence-corrected chi connectivity index (χ2v) is 9.70. The predicted molar refractivity (Wildman–Crippen MR) is 117 cm³/mol. The van der Waals surface area contributed by atoms with E-state index >= 15 is 0 Å². The number of hydrogen-bond donors (Lipinski definition) is 0. The third-order valence-corrected chi connectivity index (χ3v) is 7.52. The first-order valence-corrected chi connectivity index (χ1v) is 12.1. The van der Waals surface area contributed by atoms with Crippen molar-refractivity contribution < 1.29 is 22.7 Å². The highest BCUT2D eigenvalue weighted by molar-refractivity contribution is 7.91. The number of nitrogens with zero attached hydrogens (tertiary/aromatic N) is 1. The highest BCUT2D eigenvalue weighted by Gasteiger charge is 2.34. The van der Waals surface area contributed by atoms with Crippen LogP contribution in [0.1, 0.15) is 41.4 Å². The molecule has 0 spiro atoms. The second-order valence-electron chi connectivity index (χ2n) is 6.99. The van der Waals surface area contributed by atoms with Crippen LogP contribution in [0, 0.1) is 0 Å². The maximum absolute atomic E-state index is 13.1. The van der Waals surface area contributed by atoms with E-state index in [2.05, 4.69) is 0 Å². The van der Waals surface area contributed by atoms with Crippen molar-refractivity contribution in [2.75, 3.05) is 32.1 Å². The average molecular weight is 452 g/mol. The largest absolute Gasteiger partial charge is 0.490 e. The molecule has 1 heterocycles. The summed E-state index contributed by atoms with van der Waals surface area (Å²) >= 11 is 6.25. The standard InChI is InChI=1S/C22H26ClNO5S/c1-3-28-19-10-9-16(15-20(19)29-4-2)22(25)24-12-11-21(30(26,27)14-13-24)17-7-5-6-8-18(17)23/h5-10,15,21H,3-4,11-14H2,1-2H3. The van der Waals surface area contributed by atoms with Crippen molar-refractivity contribution in [1.82, 2.24) is 4.90 Å². The van der Waals surface area contributed by atoms with Gasteiger partial charge in [0.15, 0.2) is 21.3 Å². The highest BCUT2D eigenvalue weighted by Crippen LogP contribution is 2.34. The lowest BCUT2D eigenvalue weighted by molar-refractivity contribution is 0.0766. The van der Waals surface area contributed by atoms with Crippen molar-refractivity contribution in [2.45, 2.75) is 25.5 Å². The number of amides is 1. The number of carbonyl (C=O) groups is 1. The van der Waals surface area contributed by atoms with Crippen LogP contribution >= 0.6 is 11.6 Å². The smallest absolute Gasteiger partial charge is 0.254 e. The van der Waals surface area contributed by atoms with Gasteiger partial charge in [-0.15, -0.1) is 0 Å². The third kappa shape index (κ3) is 4.90. The number of sulfone groups is 1. The molecule has 1 aliphatic rings. The minimum Gasteiger partial charge on any atom is -0.490 e. The molecule has 1 unspecified atom stereocenters. The lowest BCUT2D eigenvalue weighted by Crippen LogP contribution is -2.33. The summed E-state index contributed by atoms with van der Waals surface area (Å²) in [6.45, 7) is 5.13. The summed E-state index contributed by atoms with van der Waals surface area (Å²) in [4.78, 5) is 14.7. The van der Waals surface area contributed by atoms with Crippen LogP contribution in [0.25, 0.3) is 0 Å². The summed E-state index contributed by atoms with van der Waals surface area (Å²) < 4.78 is 36.9. The fourth-order valence-corrected chi connectivity index (χ4v) is 5.75. The van der Waals surface area contributed by atoms with Gasteiger partial charge in [0.2, 0.25) is 0 Å². The van der Waals surface area contributed by atoms with Gasteiger partial charge >= 0.3 is 0 Å². The van der Waals surface area contributed by atoms with Gasteiger partial charge in [-0.2, -0.15) is 0 Å². The Morgan fingerprint density at radius 1 is 1.07 bits per heavy atom. The van der Waals surface area contributed by atoms with E-state index in [0.29, 0.717) is 53.8 Å². The van der Waals surface area contributed by atoms with E-state index in [0.717, 1.165) is 0 Å². The molecular formula is C22H26ClNO5S. The Morgan fingerprint density at radius 2 is 1.77 bits per heavy atom. The van der Waals surface area contributed by atoms with Gasteiger partial charge in [0.25, 0.3) is 5.91 Å². The van der Waals surface area contributed by atoms with Crippen LogP contribution in [0.3, 0.4) is 0 Å². The van der Waals surface area contributed by atoms with E-state index in [9.17, 15) is 13.2 Å². The van der Waals surface area contributed by atoms with Crippen LogP contribution in [0.15, 0.2) is 42.5 Å². The molecule has 1 amide bonds. The monoisotopic (exact) mass is 451 g/mol. The quantitative estimate of drug-likeness (QED) is 0.660. The molecule has 0 aromatic heterocycles. The summed E-state index contributed by atoms with van der Waals surface area (Å²) in [5.41, 5.74) is 1.03. The molecule has 2 aromatic rings. The Labute approximate surface area is 182 Å². The maximum atomic E-state index is 13.1. The predicted octanol–water partition coefficient (Wildman–Crippen LogP) is 4.14. The first-order chi connectivity index (χ1) is 14.4. The van der Waals surface area contributed by atoms with E-state index < -0.39 is 15.1 Å². The molecule has 6 nitrogen and oxygen atoms in total. The topological polar surface area (TPSA) is 72.9 Å². The third-order valence-electron chi connectivity index (χ3n) is 5.07. The molecule has 1 aliphatic heterocycles.